The minimum atomic E-state index is -0.302. The molecule has 10 heteroatoms. The fraction of sp³-hybridized carbons (Fsp3) is 0.143. The van der Waals surface area contributed by atoms with Crippen LogP contribution in [0.3, 0.4) is 0 Å². The van der Waals surface area contributed by atoms with Crippen LogP contribution >= 0.6 is 22.7 Å². The Morgan fingerprint density at radius 2 is 0.904 bits per heavy atom. The Balaban J connectivity index is 1.14. The third-order valence-electron chi connectivity index (χ3n) is 10.4. The molecule has 8 nitrogen and oxygen atoms in total. The van der Waals surface area contributed by atoms with Gasteiger partial charge in [0.25, 0.3) is 23.6 Å². The molecule has 0 aliphatic carbocycles. The van der Waals surface area contributed by atoms with E-state index in [4.69, 9.17) is 0 Å². The van der Waals surface area contributed by atoms with E-state index < -0.39 is 0 Å². The van der Waals surface area contributed by atoms with Crippen LogP contribution in [0.4, 0.5) is 22.7 Å². The van der Waals surface area contributed by atoms with Gasteiger partial charge in [-0.2, -0.15) is 0 Å². The first-order valence-corrected chi connectivity index (χ1v) is 18.5. The number of anilines is 4. The molecule has 0 saturated heterocycles. The van der Waals surface area contributed by atoms with Crippen LogP contribution in [0, 0.1) is 13.8 Å². The predicted molar refractivity (Wildman–Crippen MR) is 213 cm³/mol. The number of rotatable bonds is 3. The molecule has 2 aromatic heterocycles. The summed E-state index contributed by atoms with van der Waals surface area (Å²) in [5.74, 6) is -1.12. The van der Waals surface area contributed by atoms with Gasteiger partial charge in [0.2, 0.25) is 0 Å². The highest BCUT2D eigenvalue weighted by molar-refractivity contribution is 7.16. The van der Waals surface area contributed by atoms with Crippen molar-refractivity contribution in [3.63, 3.8) is 0 Å². The van der Waals surface area contributed by atoms with E-state index in [2.05, 4.69) is 43.3 Å². The summed E-state index contributed by atoms with van der Waals surface area (Å²) in [6, 6.07) is 23.7. The second-order valence-electron chi connectivity index (χ2n) is 13.6. The number of aryl methyl sites for hydroxylation is 2. The first-order chi connectivity index (χ1) is 24.9. The summed E-state index contributed by atoms with van der Waals surface area (Å²) in [6.07, 6.45) is 4.25. The van der Waals surface area contributed by atoms with Gasteiger partial charge >= 0.3 is 0 Å². The molecule has 0 bridgehead atoms. The monoisotopic (exact) mass is 720 g/mol. The third-order valence-corrected chi connectivity index (χ3v) is 12.5. The van der Waals surface area contributed by atoms with Gasteiger partial charge in [-0.15, -0.1) is 22.7 Å². The largest absolute Gasteiger partial charge is 0.311 e. The van der Waals surface area contributed by atoms with Crippen LogP contribution in [0.5, 0.6) is 0 Å². The third kappa shape index (κ3) is 4.50. The van der Waals surface area contributed by atoms with Crippen molar-refractivity contribution in [3.8, 4) is 10.4 Å². The molecule has 0 saturated carbocycles. The molecule has 4 amide bonds. The Morgan fingerprint density at radius 3 is 1.42 bits per heavy atom. The Bertz CT molecular complexity index is 2600. The summed E-state index contributed by atoms with van der Waals surface area (Å²) in [7, 11) is 6.80. The molecule has 4 aliphatic heterocycles. The molecule has 9 rings (SSSR count). The minimum absolute atomic E-state index is 0.253. The van der Waals surface area contributed by atoms with E-state index in [0.717, 1.165) is 32.3 Å². The summed E-state index contributed by atoms with van der Waals surface area (Å²) in [5, 5.41) is 0. The maximum absolute atomic E-state index is 14.1. The number of fused-ring (bicyclic) bond motifs is 4. The minimum Gasteiger partial charge on any atom is -0.311 e. The molecule has 256 valence electrons. The Labute approximate surface area is 308 Å². The molecule has 0 radical (unpaired) electrons. The van der Waals surface area contributed by atoms with E-state index in [9.17, 15) is 19.2 Å². The zero-order valence-electron chi connectivity index (χ0n) is 29.3. The van der Waals surface area contributed by atoms with Gasteiger partial charge in [-0.1, -0.05) is 24.3 Å². The van der Waals surface area contributed by atoms with Crippen LogP contribution in [0.1, 0.15) is 42.4 Å². The second-order valence-corrected chi connectivity index (χ2v) is 16.0. The van der Waals surface area contributed by atoms with Gasteiger partial charge in [-0.3, -0.25) is 19.2 Å². The van der Waals surface area contributed by atoms with Gasteiger partial charge in [0, 0.05) is 70.0 Å². The number of thiophene rings is 2. The predicted octanol–water partition coefficient (Wildman–Crippen LogP) is 7.99. The zero-order chi connectivity index (χ0) is 36.3. The van der Waals surface area contributed by atoms with Crippen molar-refractivity contribution in [2.24, 2.45) is 0 Å². The van der Waals surface area contributed by atoms with Gasteiger partial charge in [-0.25, -0.2) is 0 Å². The van der Waals surface area contributed by atoms with Crippen LogP contribution < -0.4 is 19.6 Å². The normalized spacial score (nSPS) is 19.2. The fourth-order valence-corrected chi connectivity index (χ4v) is 9.36. The summed E-state index contributed by atoms with van der Waals surface area (Å²) < 4.78 is 0. The molecule has 0 atom stereocenters. The van der Waals surface area contributed by atoms with Crippen molar-refractivity contribution in [1.82, 2.24) is 0 Å². The van der Waals surface area contributed by atoms with Crippen molar-refractivity contribution in [3.05, 3.63) is 115 Å². The maximum atomic E-state index is 14.1. The fourth-order valence-electron chi connectivity index (χ4n) is 7.68. The van der Waals surface area contributed by atoms with Crippen molar-refractivity contribution in [2.75, 3.05) is 47.8 Å². The average Bonchev–Trinajstić information content (AvgIpc) is 3.96. The first-order valence-electron chi connectivity index (χ1n) is 16.8. The number of carbonyl (C=O) groups is 4. The van der Waals surface area contributed by atoms with Crippen molar-refractivity contribution < 1.29 is 19.2 Å². The topological polar surface area (TPSA) is 81.2 Å². The first kappa shape index (κ1) is 32.1. The van der Waals surface area contributed by atoms with E-state index in [-0.39, 0.29) is 23.6 Å². The zero-order valence-corrected chi connectivity index (χ0v) is 31.0. The lowest BCUT2D eigenvalue weighted by atomic mass is 9.92. The SMILES string of the molecule is Cc1ccc2c(c1)N(C)C(=O)/C2=C1/C(=O)N(C)c2cc3c(cc21)N(C)C(=O)/C3=C1/C(=O)N(C)c2cc(-c3ccc(/C=C/c4ccc(C)s4)s3)ccc21. The molecular weight excluding hydrogens is 689 g/mol. The van der Waals surface area contributed by atoms with Crippen LogP contribution in [0.25, 0.3) is 44.9 Å². The molecule has 3 aromatic carbocycles. The highest BCUT2D eigenvalue weighted by Gasteiger charge is 2.45. The highest BCUT2D eigenvalue weighted by atomic mass is 32.1. The molecule has 0 N–H and O–H groups in total. The quantitative estimate of drug-likeness (QED) is 0.177. The standard InChI is InChI=1S/C42H32N4O4S2/c1-21-7-14-26-30(17-21)43(3)39(47)35(26)37-28-19-33-29(20-32(28)45(5)41(37)49)38(42(50)46(33)6)36-27-15-9-23(18-31(27)44(4)40(36)48)34-16-13-25(52-34)12-11-24-10-8-22(2)51-24/h7-20H,1-6H3/b12-11+,37-35+,38-36+. The van der Waals surface area contributed by atoms with Gasteiger partial charge in [0.1, 0.15) is 0 Å². The molecule has 0 unspecified atom stereocenters. The second kappa shape index (κ2) is 11.3. The van der Waals surface area contributed by atoms with Gasteiger partial charge in [-0.05, 0) is 85.7 Å². The number of benzene rings is 3. The summed E-state index contributed by atoms with van der Waals surface area (Å²) in [4.78, 5) is 66.7. The lowest BCUT2D eigenvalue weighted by molar-refractivity contribution is -0.114. The van der Waals surface area contributed by atoms with Crippen molar-refractivity contribution >= 4 is 103 Å². The lowest BCUT2D eigenvalue weighted by Gasteiger charge is -2.13. The Hall–Kier alpha value is -5.84. The van der Waals surface area contributed by atoms with Crippen LogP contribution in [-0.2, 0) is 19.2 Å². The molecule has 6 heterocycles. The number of hydrogen-bond acceptors (Lipinski definition) is 6. The van der Waals surface area contributed by atoms with E-state index in [1.807, 2.05) is 55.5 Å². The molecule has 52 heavy (non-hydrogen) atoms. The number of nitrogens with zero attached hydrogens (tertiary/aromatic N) is 4. The number of amides is 4. The van der Waals surface area contributed by atoms with Crippen LogP contribution in [0.15, 0.2) is 72.8 Å². The highest BCUT2D eigenvalue weighted by Crippen LogP contribution is 2.52. The van der Waals surface area contributed by atoms with E-state index in [1.54, 1.807) is 60.7 Å². The molecule has 0 fully saturated rings. The Morgan fingerprint density at radius 1 is 0.462 bits per heavy atom. The average molecular weight is 721 g/mol. The molecule has 5 aromatic rings. The van der Waals surface area contributed by atoms with Crippen LogP contribution in [0.2, 0.25) is 0 Å². The number of likely N-dealkylation sites (N-methyl/N-ethyl adjacent to an activating group) is 4. The van der Waals surface area contributed by atoms with Gasteiger partial charge in [0.05, 0.1) is 45.0 Å². The lowest BCUT2D eigenvalue weighted by Crippen LogP contribution is -2.24. The van der Waals surface area contributed by atoms with Crippen LogP contribution in [-0.4, -0.2) is 51.8 Å². The van der Waals surface area contributed by atoms with Gasteiger partial charge < -0.3 is 19.6 Å². The molecule has 4 aliphatic rings. The maximum Gasteiger partial charge on any atom is 0.259 e. The summed E-state index contributed by atoms with van der Waals surface area (Å²) in [5.41, 5.74) is 8.48. The summed E-state index contributed by atoms with van der Waals surface area (Å²) in [6.45, 7) is 4.06. The van der Waals surface area contributed by atoms with Crippen molar-refractivity contribution in [2.45, 2.75) is 13.8 Å². The smallest absolute Gasteiger partial charge is 0.259 e. The summed E-state index contributed by atoms with van der Waals surface area (Å²) >= 11 is 3.43. The number of hydrogen-bond donors (Lipinski definition) is 0. The van der Waals surface area contributed by atoms with E-state index >= 15 is 0 Å². The molecular formula is C42H32N4O4S2. The Kier molecular flexibility index (Phi) is 6.99. The van der Waals surface area contributed by atoms with Gasteiger partial charge in [0.15, 0.2) is 0 Å². The van der Waals surface area contributed by atoms with E-state index in [1.165, 1.54) is 19.6 Å². The van der Waals surface area contributed by atoms with E-state index in [0.29, 0.717) is 55.9 Å². The number of carbonyl (C=O) groups excluding carboxylic acids is 4. The molecule has 0 spiro atoms. The van der Waals surface area contributed by atoms with Crippen molar-refractivity contribution in [1.29, 1.82) is 0 Å².